The topological polar surface area (TPSA) is 96.7 Å². The summed E-state index contributed by atoms with van der Waals surface area (Å²) in [6, 6.07) is 0. The monoisotopic (exact) mass is 330 g/mol. The number of hydrogen-bond acceptors (Lipinski definition) is 4. The van der Waals surface area contributed by atoms with Gasteiger partial charge in [0.15, 0.2) is 5.11 Å². The molecule has 1 saturated heterocycles. The van der Waals surface area contributed by atoms with E-state index in [0.717, 1.165) is 25.9 Å². The Morgan fingerprint density at radius 1 is 1.23 bits per heavy atom. The molecular formula is C14H26N4O3S. The summed E-state index contributed by atoms with van der Waals surface area (Å²) in [6.45, 7) is 7.83. The molecule has 1 aliphatic rings. The Balaban J connectivity index is 2.17. The molecule has 1 heterocycles. The van der Waals surface area contributed by atoms with E-state index >= 15 is 0 Å². The van der Waals surface area contributed by atoms with Gasteiger partial charge in [0.25, 0.3) is 0 Å². The van der Waals surface area contributed by atoms with Gasteiger partial charge < -0.3 is 26.0 Å². The first-order valence-electron chi connectivity index (χ1n) is 7.48. The minimum Gasteiger partial charge on any atom is -0.444 e. The van der Waals surface area contributed by atoms with Crippen LogP contribution in [-0.2, 0) is 9.53 Å². The van der Waals surface area contributed by atoms with Crippen molar-refractivity contribution >= 4 is 29.3 Å². The number of alkyl carbamates (subject to hydrolysis) is 1. The van der Waals surface area contributed by atoms with Crippen LogP contribution in [0.5, 0.6) is 0 Å². The molecule has 0 radical (unpaired) electrons. The Morgan fingerprint density at radius 2 is 1.77 bits per heavy atom. The Kier molecular flexibility index (Phi) is 6.86. The Hall–Kier alpha value is -1.57. The molecule has 1 fully saturated rings. The lowest BCUT2D eigenvalue weighted by Gasteiger charge is -2.32. The lowest BCUT2D eigenvalue weighted by Crippen LogP contribution is -2.47. The zero-order valence-electron chi connectivity index (χ0n) is 13.5. The second kappa shape index (κ2) is 8.17. The predicted molar refractivity (Wildman–Crippen MR) is 88.3 cm³/mol. The smallest absolute Gasteiger partial charge is 0.407 e. The maximum atomic E-state index is 11.5. The van der Waals surface area contributed by atoms with Gasteiger partial charge in [0, 0.05) is 32.1 Å². The second-order valence-corrected chi connectivity index (χ2v) is 6.71. The quantitative estimate of drug-likeness (QED) is 0.515. The fraction of sp³-hybridized carbons (Fsp3) is 0.786. The minimum atomic E-state index is -0.502. The third-order valence-corrected chi connectivity index (χ3v) is 3.66. The standard InChI is InChI=1S/C14H26N4O3S/c1-14(2,3)21-13(20)17-7-6-16-12(22)18-8-4-10(5-9-18)11(15)19/h10H,4-9H2,1-3H3,(H2,15,19)(H,16,22)(H,17,20). The molecule has 4 N–H and O–H groups in total. The van der Waals surface area contributed by atoms with Crippen molar-refractivity contribution in [2.45, 2.75) is 39.2 Å². The van der Waals surface area contributed by atoms with Gasteiger partial charge in [-0.15, -0.1) is 0 Å². The molecule has 7 nitrogen and oxygen atoms in total. The number of thiocarbonyl (C=S) groups is 1. The summed E-state index contributed by atoms with van der Waals surface area (Å²) in [7, 11) is 0. The van der Waals surface area contributed by atoms with Crippen molar-refractivity contribution in [1.82, 2.24) is 15.5 Å². The van der Waals surface area contributed by atoms with Gasteiger partial charge >= 0.3 is 6.09 Å². The Bertz CT molecular complexity index is 415. The van der Waals surface area contributed by atoms with Gasteiger partial charge in [-0.1, -0.05) is 0 Å². The van der Waals surface area contributed by atoms with Crippen LogP contribution in [-0.4, -0.2) is 53.8 Å². The van der Waals surface area contributed by atoms with Crippen LogP contribution in [0.4, 0.5) is 4.79 Å². The van der Waals surface area contributed by atoms with Crippen molar-refractivity contribution < 1.29 is 14.3 Å². The van der Waals surface area contributed by atoms with Gasteiger partial charge in [0.1, 0.15) is 5.60 Å². The SMILES string of the molecule is CC(C)(C)OC(=O)NCCNC(=S)N1CCC(C(N)=O)CC1. The van der Waals surface area contributed by atoms with E-state index in [1.807, 2.05) is 25.7 Å². The molecule has 22 heavy (non-hydrogen) atoms. The molecule has 0 aromatic rings. The molecular weight excluding hydrogens is 304 g/mol. The first-order valence-corrected chi connectivity index (χ1v) is 7.89. The highest BCUT2D eigenvalue weighted by atomic mass is 32.1. The van der Waals surface area contributed by atoms with E-state index in [-0.39, 0.29) is 11.8 Å². The van der Waals surface area contributed by atoms with Crippen LogP contribution in [0.15, 0.2) is 0 Å². The van der Waals surface area contributed by atoms with Crippen LogP contribution in [0, 0.1) is 5.92 Å². The van der Waals surface area contributed by atoms with Crippen molar-refractivity contribution in [3.8, 4) is 0 Å². The van der Waals surface area contributed by atoms with E-state index in [1.165, 1.54) is 0 Å². The molecule has 8 heteroatoms. The van der Waals surface area contributed by atoms with Crippen LogP contribution in [0.25, 0.3) is 0 Å². The molecule has 0 aromatic heterocycles. The first-order chi connectivity index (χ1) is 10.2. The van der Waals surface area contributed by atoms with Crippen LogP contribution in [0.3, 0.4) is 0 Å². The highest BCUT2D eigenvalue weighted by Gasteiger charge is 2.24. The average Bonchev–Trinajstić information content (AvgIpc) is 2.41. The summed E-state index contributed by atoms with van der Waals surface area (Å²) in [5.41, 5.74) is 4.80. The molecule has 0 atom stereocenters. The number of rotatable bonds is 4. The zero-order valence-corrected chi connectivity index (χ0v) is 14.3. The third kappa shape index (κ3) is 6.93. The fourth-order valence-electron chi connectivity index (χ4n) is 2.13. The highest BCUT2D eigenvalue weighted by molar-refractivity contribution is 7.80. The lowest BCUT2D eigenvalue weighted by atomic mass is 9.97. The van der Waals surface area contributed by atoms with Crippen LogP contribution in [0.2, 0.25) is 0 Å². The van der Waals surface area contributed by atoms with Crippen LogP contribution >= 0.6 is 12.2 Å². The summed E-state index contributed by atoms with van der Waals surface area (Å²) in [5, 5.41) is 6.38. The third-order valence-electron chi connectivity index (χ3n) is 3.25. The summed E-state index contributed by atoms with van der Waals surface area (Å²) in [5.74, 6) is -0.284. The summed E-state index contributed by atoms with van der Waals surface area (Å²) in [4.78, 5) is 24.6. The molecule has 0 aliphatic carbocycles. The molecule has 0 aromatic carbocycles. The fourth-order valence-corrected chi connectivity index (χ4v) is 2.41. The number of nitrogens with zero attached hydrogens (tertiary/aromatic N) is 1. The molecule has 1 rings (SSSR count). The van der Waals surface area contributed by atoms with Gasteiger partial charge in [-0.25, -0.2) is 4.79 Å². The number of ether oxygens (including phenoxy) is 1. The second-order valence-electron chi connectivity index (χ2n) is 6.32. The van der Waals surface area contributed by atoms with Gasteiger partial charge in [0.05, 0.1) is 0 Å². The van der Waals surface area contributed by atoms with Crippen molar-refractivity contribution in [3.63, 3.8) is 0 Å². The van der Waals surface area contributed by atoms with Crippen molar-refractivity contribution in [1.29, 1.82) is 0 Å². The van der Waals surface area contributed by atoms with Crippen molar-refractivity contribution in [2.24, 2.45) is 11.7 Å². The summed E-state index contributed by atoms with van der Waals surface area (Å²) in [6.07, 6.45) is 1.02. The maximum Gasteiger partial charge on any atom is 0.407 e. The maximum absolute atomic E-state index is 11.5. The number of nitrogens with two attached hydrogens (primary N) is 1. The predicted octanol–water partition coefficient (Wildman–Crippen LogP) is 0.583. The number of carbonyl (C=O) groups excluding carboxylic acids is 2. The zero-order chi connectivity index (χ0) is 16.8. The van der Waals surface area contributed by atoms with Crippen molar-refractivity contribution in [3.05, 3.63) is 0 Å². The number of amides is 2. The highest BCUT2D eigenvalue weighted by Crippen LogP contribution is 2.16. The largest absolute Gasteiger partial charge is 0.444 e. The molecule has 126 valence electrons. The number of nitrogens with one attached hydrogen (secondary N) is 2. The van der Waals surface area contributed by atoms with Gasteiger partial charge in [-0.3, -0.25) is 4.79 Å². The number of hydrogen-bond donors (Lipinski definition) is 3. The van der Waals surface area contributed by atoms with Crippen LogP contribution in [0.1, 0.15) is 33.6 Å². The molecule has 0 saturated carbocycles. The average molecular weight is 330 g/mol. The van der Waals surface area contributed by atoms with Gasteiger partial charge in [0.2, 0.25) is 5.91 Å². The first kappa shape index (κ1) is 18.5. The lowest BCUT2D eigenvalue weighted by molar-refractivity contribution is -0.122. The molecule has 0 spiro atoms. The number of carbonyl (C=O) groups is 2. The molecule has 1 aliphatic heterocycles. The van der Waals surface area contributed by atoms with Crippen molar-refractivity contribution in [2.75, 3.05) is 26.2 Å². The number of primary amides is 1. The van der Waals surface area contributed by atoms with E-state index < -0.39 is 11.7 Å². The molecule has 2 amide bonds. The summed E-state index contributed by atoms with van der Waals surface area (Å²) >= 11 is 5.30. The molecule has 0 unspecified atom stereocenters. The Labute approximate surface area is 136 Å². The van der Waals surface area contributed by atoms with E-state index in [9.17, 15) is 9.59 Å². The Morgan fingerprint density at radius 3 is 2.27 bits per heavy atom. The van der Waals surface area contributed by atoms with Gasteiger partial charge in [-0.2, -0.15) is 0 Å². The number of likely N-dealkylation sites (tertiary alicyclic amines) is 1. The normalized spacial score (nSPS) is 16.0. The van der Waals surface area contributed by atoms with E-state index in [4.69, 9.17) is 22.7 Å². The van der Waals surface area contributed by atoms with Crippen LogP contribution < -0.4 is 16.4 Å². The minimum absolute atomic E-state index is 0.0483. The van der Waals surface area contributed by atoms with Gasteiger partial charge in [-0.05, 0) is 45.8 Å². The summed E-state index contributed by atoms with van der Waals surface area (Å²) < 4.78 is 5.13. The van der Waals surface area contributed by atoms with E-state index in [0.29, 0.717) is 18.2 Å². The van der Waals surface area contributed by atoms with E-state index in [1.54, 1.807) is 0 Å². The molecule has 0 bridgehead atoms. The van der Waals surface area contributed by atoms with E-state index in [2.05, 4.69) is 10.6 Å². The number of piperidine rings is 1.